The highest BCUT2D eigenvalue weighted by Crippen LogP contribution is 2.32. The van der Waals surface area contributed by atoms with Gasteiger partial charge in [0.05, 0.1) is 24.3 Å². The lowest BCUT2D eigenvalue weighted by Crippen LogP contribution is -2.50. The molecule has 4 rings (SSSR count). The molecule has 138 valence electrons. The van der Waals surface area contributed by atoms with Crippen molar-refractivity contribution < 1.29 is 14.3 Å². The number of nitrogens with one attached hydrogen (secondary N) is 1. The first-order chi connectivity index (χ1) is 13.1. The molecule has 7 heteroatoms. The summed E-state index contributed by atoms with van der Waals surface area (Å²) < 4.78 is 5.34. The molecule has 1 aliphatic heterocycles. The fraction of sp³-hybridized carbons (Fsp3) is 0.250. The summed E-state index contributed by atoms with van der Waals surface area (Å²) in [4.78, 5) is 20.5. The van der Waals surface area contributed by atoms with Crippen LogP contribution in [0.5, 0.6) is 0 Å². The molecular weight excluding hydrogens is 364 g/mol. The van der Waals surface area contributed by atoms with Gasteiger partial charge in [0.1, 0.15) is 30.1 Å². The fourth-order valence-corrected chi connectivity index (χ4v) is 3.58. The molecule has 0 bridgehead atoms. The Balaban J connectivity index is 1.55. The number of piperazine rings is 1. The Morgan fingerprint density at radius 2 is 1.85 bits per heavy atom. The Labute approximate surface area is 162 Å². The van der Waals surface area contributed by atoms with Gasteiger partial charge in [-0.3, -0.25) is 9.69 Å². The van der Waals surface area contributed by atoms with Crippen molar-refractivity contribution in [3.63, 3.8) is 0 Å². The molecule has 0 aliphatic carbocycles. The lowest BCUT2D eigenvalue weighted by molar-refractivity contribution is -0.364. The molecule has 0 saturated carbocycles. The van der Waals surface area contributed by atoms with Crippen LogP contribution in [-0.2, 0) is 0 Å². The standard InChI is InChI=1S/C20H19ClN4O2/c1-14-18(19(23-27-14)15-6-2-3-7-16(15)21)20(26)25-12-10-24(11-13-25)17-8-4-5-9-22-17/h2-9H,10-13H2,1H3/p+1. The van der Waals surface area contributed by atoms with Gasteiger partial charge in [-0.2, -0.15) is 0 Å². The predicted octanol–water partition coefficient (Wildman–Crippen LogP) is 3.08. The molecule has 0 radical (unpaired) electrons. The Kier molecular flexibility index (Phi) is 4.81. The molecule has 2 aromatic heterocycles. The molecule has 1 fully saturated rings. The molecule has 1 N–H and O–H groups in total. The number of carbonyl (C=O) groups is 1. The van der Waals surface area contributed by atoms with Crippen LogP contribution in [0.1, 0.15) is 16.1 Å². The number of aryl methyl sites for hydroxylation is 1. The minimum absolute atomic E-state index is 0.0691. The second kappa shape index (κ2) is 7.40. The van der Waals surface area contributed by atoms with Crippen LogP contribution in [0.25, 0.3) is 11.3 Å². The Morgan fingerprint density at radius 3 is 2.56 bits per heavy atom. The minimum Gasteiger partial charge on any atom is -0.360 e. The van der Waals surface area contributed by atoms with Crippen LogP contribution in [0.4, 0.5) is 5.82 Å². The number of rotatable bonds is 3. The predicted molar refractivity (Wildman–Crippen MR) is 103 cm³/mol. The summed E-state index contributed by atoms with van der Waals surface area (Å²) in [6.45, 7) is 4.55. The summed E-state index contributed by atoms with van der Waals surface area (Å²) in [6, 6.07) is 13.3. The van der Waals surface area contributed by atoms with E-state index in [0.29, 0.717) is 40.7 Å². The zero-order valence-corrected chi connectivity index (χ0v) is 15.7. The number of amides is 1. The number of hydrogen-bond donors (Lipinski definition) is 0. The molecule has 3 heterocycles. The Bertz CT molecular complexity index is 950. The molecule has 3 aromatic rings. The SMILES string of the molecule is Cc1onc(-c2ccccc2Cl)c1C(=O)N1CCN(c2cccc[nH+]2)CC1. The van der Waals surface area contributed by atoms with Gasteiger partial charge in [-0.05, 0) is 19.1 Å². The second-order valence-electron chi connectivity index (χ2n) is 6.47. The van der Waals surface area contributed by atoms with E-state index in [1.54, 1.807) is 13.0 Å². The first-order valence-corrected chi connectivity index (χ1v) is 9.25. The monoisotopic (exact) mass is 383 g/mol. The summed E-state index contributed by atoms with van der Waals surface area (Å²) in [5.41, 5.74) is 1.70. The average Bonchev–Trinajstić information content (AvgIpc) is 3.10. The van der Waals surface area contributed by atoms with E-state index in [4.69, 9.17) is 16.1 Å². The highest BCUT2D eigenvalue weighted by atomic mass is 35.5. The maximum absolute atomic E-state index is 13.2. The summed E-state index contributed by atoms with van der Waals surface area (Å²) in [5.74, 6) is 1.50. The van der Waals surface area contributed by atoms with Crippen molar-refractivity contribution >= 4 is 23.3 Å². The topological polar surface area (TPSA) is 63.7 Å². The van der Waals surface area contributed by atoms with Gasteiger partial charge in [0.15, 0.2) is 0 Å². The third kappa shape index (κ3) is 3.40. The quantitative estimate of drug-likeness (QED) is 0.697. The summed E-state index contributed by atoms with van der Waals surface area (Å²) in [5, 5.41) is 4.65. The van der Waals surface area contributed by atoms with Gasteiger partial charge in [-0.15, -0.1) is 0 Å². The number of pyridine rings is 1. The zero-order chi connectivity index (χ0) is 18.8. The summed E-state index contributed by atoms with van der Waals surface area (Å²) >= 11 is 6.30. The number of anilines is 1. The number of aromatic amines is 1. The Morgan fingerprint density at radius 1 is 1.11 bits per heavy atom. The average molecular weight is 384 g/mol. The van der Waals surface area contributed by atoms with Crippen LogP contribution in [0.2, 0.25) is 5.02 Å². The Hall–Kier alpha value is -2.86. The summed E-state index contributed by atoms with van der Waals surface area (Å²) in [6.07, 6.45) is 1.91. The third-order valence-electron chi connectivity index (χ3n) is 4.81. The molecule has 1 amide bonds. The van der Waals surface area contributed by atoms with E-state index >= 15 is 0 Å². The first-order valence-electron chi connectivity index (χ1n) is 8.87. The minimum atomic E-state index is -0.0691. The largest absolute Gasteiger partial charge is 0.360 e. The van der Waals surface area contributed by atoms with E-state index < -0.39 is 0 Å². The van der Waals surface area contributed by atoms with Crippen LogP contribution in [0.3, 0.4) is 0 Å². The van der Waals surface area contributed by atoms with Crippen LogP contribution in [0, 0.1) is 6.92 Å². The van der Waals surface area contributed by atoms with Crippen molar-refractivity contribution in [2.75, 3.05) is 31.1 Å². The van der Waals surface area contributed by atoms with Crippen LogP contribution < -0.4 is 9.88 Å². The molecule has 1 aliphatic rings. The zero-order valence-electron chi connectivity index (χ0n) is 15.0. The van der Waals surface area contributed by atoms with Crippen LogP contribution in [0.15, 0.2) is 53.2 Å². The second-order valence-corrected chi connectivity index (χ2v) is 6.88. The van der Waals surface area contributed by atoms with Crippen molar-refractivity contribution in [2.45, 2.75) is 6.92 Å². The molecular formula is C20H20ClN4O2+. The van der Waals surface area contributed by atoms with Gasteiger partial charge in [-0.25, -0.2) is 4.98 Å². The van der Waals surface area contributed by atoms with Crippen molar-refractivity contribution in [3.05, 3.63) is 65.0 Å². The number of benzene rings is 1. The van der Waals surface area contributed by atoms with Gasteiger partial charge in [0.25, 0.3) is 11.7 Å². The number of halogens is 1. The molecule has 0 atom stereocenters. The maximum atomic E-state index is 13.2. The molecule has 6 nitrogen and oxygen atoms in total. The van der Waals surface area contributed by atoms with Gasteiger partial charge in [0, 0.05) is 11.6 Å². The van der Waals surface area contributed by atoms with E-state index in [-0.39, 0.29) is 5.91 Å². The van der Waals surface area contributed by atoms with Crippen molar-refractivity contribution in [1.29, 1.82) is 0 Å². The van der Waals surface area contributed by atoms with Gasteiger partial charge in [-0.1, -0.05) is 41.0 Å². The summed E-state index contributed by atoms with van der Waals surface area (Å²) in [7, 11) is 0. The molecule has 27 heavy (non-hydrogen) atoms. The van der Waals surface area contributed by atoms with Crippen molar-refractivity contribution in [2.24, 2.45) is 0 Å². The van der Waals surface area contributed by atoms with Crippen LogP contribution >= 0.6 is 11.6 Å². The van der Waals surface area contributed by atoms with E-state index in [2.05, 4.69) is 15.0 Å². The van der Waals surface area contributed by atoms with E-state index in [9.17, 15) is 4.79 Å². The smallest absolute Gasteiger partial charge is 0.274 e. The van der Waals surface area contributed by atoms with Crippen LogP contribution in [-0.4, -0.2) is 42.1 Å². The van der Waals surface area contributed by atoms with E-state index in [1.807, 2.05) is 47.5 Å². The number of carbonyl (C=O) groups excluding carboxylic acids is 1. The highest BCUT2D eigenvalue weighted by molar-refractivity contribution is 6.33. The van der Waals surface area contributed by atoms with Gasteiger partial charge in [0.2, 0.25) is 0 Å². The molecule has 1 saturated heterocycles. The normalized spacial score (nSPS) is 14.4. The third-order valence-corrected chi connectivity index (χ3v) is 5.14. The maximum Gasteiger partial charge on any atom is 0.274 e. The van der Waals surface area contributed by atoms with Gasteiger partial charge < -0.3 is 9.42 Å². The number of hydrogen-bond acceptors (Lipinski definition) is 4. The number of H-pyrrole nitrogens is 1. The van der Waals surface area contributed by atoms with E-state index in [1.165, 1.54) is 0 Å². The van der Waals surface area contributed by atoms with Crippen molar-refractivity contribution in [1.82, 2.24) is 10.1 Å². The fourth-order valence-electron chi connectivity index (χ4n) is 3.35. The molecule has 0 spiro atoms. The molecule has 1 aromatic carbocycles. The number of aromatic nitrogens is 2. The van der Waals surface area contributed by atoms with E-state index in [0.717, 1.165) is 18.9 Å². The van der Waals surface area contributed by atoms with Crippen molar-refractivity contribution in [3.8, 4) is 11.3 Å². The lowest BCUT2D eigenvalue weighted by atomic mass is 10.0. The lowest BCUT2D eigenvalue weighted by Gasteiger charge is -2.31. The highest BCUT2D eigenvalue weighted by Gasteiger charge is 2.31. The van der Waals surface area contributed by atoms with Gasteiger partial charge >= 0.3 is 0 Å². The first kappa shape index (κ1) is 17.5. The number of nitrogens with zero attached hydrogens (tertiary/aromatic N) is 3. The molecule has 0 unspecified atom stereocenters.